The summed E-state index contributed by atoms with van der Waals surface area (Å²) in [6.45, 7) is 8.40. The highest BCUT2D eigenvalue weighted by atomic mass is 16.5. The topological polar surface area (TPSA) is 77.8 Å². The van der Waals surface area contributed by atoms with Crippen LogP contribution in [0.5, 0.6) is 0 Å². The molecule has 3 aromatic rings. The molecule has 2 atom stereocenters. The summed E-state index contributed by atoms with van der Waals surface area (Å²) in [5.41, 5.74) is 3.88. The van der Waals surface area contributed by atoms with Crippen molar-refractivity contribution in [2.75, 3.05) is 62.5 Å². The third-order valence-electron chi connectivity index (χ3n) is 7.05. The molecule has 0 N–H and O–H groups in total. The normalized spacial score (nSPS) is 24.0. The van der Waals surface area contributed by atoms with Gasteiger partial charge in [-0.3, -0.25) is 4.98 Å². The van der Waals surface area contributed by atoms with Gasteiger partial charge >= 0.3 is 0 Å². The van der Waals surface area contributed by atoms with Crippen LogP contribution in [-0.2, 0) is 14.2 Å². The zero-order valence-corrected chi connectivity index (χ0v) is 19.7. The smallest absolute Gasteiger partial charge is 0.150 e. The lowest BCUT2D eigenvalue weighted by molar-refractivity contribution is -0.0383. The van der Waals surface area contributed by atoms with Crippen molar-refractivity contribution in [3.8, 4) is 11.4 Å². The van der Waals surface area contributed by atoms with Gasteiger partial charge in [0.15, 0.2) is 6.23 Å². The number of aromatic nitrogens is 4. The number of ether oxygens (including phenoxy) is 3. The predicted octanol–water partition coefficient (Wildman–Crippen LogP) is 3.25. The maximum Gasteiger partial charge on any atom is 0.150 e. The number of morpholine rings is 2. The fourth-order valence-corrected chi connectivity index (χ4v) is 5.24. The molecule has 180 valence electrons. The largest absolute Gasteiger partial charge is 0.378 e. The van der Waals surface area contributed by atoms with Crippen molar-refractivity contribution in [2.24, 2.45) is 0 Å². The maximum atomic E-state index is 6.06. The first-order chi connectivity index (χ1) is 16.8. The van der Waals surface area contributed by atoms with Crippen LogP contribution < -0.4 is 9.80 Å². The maximum absolute atomic E-state index is 6.06. The van der Waals surface area contributed by atoms with Crippen LogP contribution in [0.3, 0.4) is 0 Å². The lowest BCUT2D eigenvalue weighted by Gasteiger charge is -2.36. The van der Waals surface area contributed by atoms with Gasteiger partial charge in [0, 0.05) is 50.1 Å². The number of anilines is 2. The Morgan fingerprint density at radius 2 is 1.85 bits per heavy atom. The van der Waals surface area contributed by atoms with Gasteiger partial charge in [-0.25, -0.2) is 9.67 Å². The third kappa shape index (κ3) is 4.01. The van der Waals surface area contributed by atoms with E-state index in [2.05, 4.69) is 34.0 Å². The van der Waals surface area contributed by atoms with Gasteiger partial charge in [-0.05, 0) is 38.3 Å². The van der Waals surface area contributed by atoms with Crippen molar-refractivity contribution in [2.45, 2.75) is 38.5 Å². The molecule has 9 nitrogen and oxygen atoms in total. The minimum Gasteiger partial charge on any atom is -0.378 e. The quantitative estimate of drug-likeness (QED) is 0.582. The molecule has 3 aliphatic rings. The van der Waals surface area contributed by atoms with Gasteiger partial charge in [0.25, 0.3) is 0 Å². The first-order valence-corrected chi connectivity index (χ1v) is 12.4. The van der Waals surface area contributed by atoms with Crippen molar-refractivity contribution in [1.29, 1.82) is 0 Å². The van der Waals surface area contributed by atoms with Gasteiger partial charge in [-0.2, -0.15) is 5.10 Å². The van der Waals surface area contributed by atoms with Gasteiger partial charge in [-0.1, -0.05) is 0 Å². The molecule has 6 heterocycles. The van der Waals surface area contributed by atoms with Crippen LogP contribution in [0, 0.1) is 0 Å². The lowest BCUT2D eigenvalue weighted by atomic mass is 10.1. The molecule has 2 unspecified atom stereocenters. The van der Waals surface area contributed by atoms with Crippen molar-refractivity contribution < 1.29 is 14.2 Å². The second-order valence-corrected chi connectivity index (χ2v) is 9.25. The Balaban J connectivity index is 1.51. The number of hydrogen-bond donors (Lipinski definition) is 0. The van der Waals surface area contributed by atoms with Crippen LogP contribution >= 0.6 is 0 Å². The Morgan fingerprint density at radius 1 is 0.971 bits per heavy atom. The van der Waals surface area contributed by atoms with Crippen molar-refractivity contribution in [3.63, 3.8) is 0 Å². The standard InChI is InChI=1S/C25H32N6O3/c1-18-17-33-15-11-30(18)22-16-21(29-9-13-32-14-10-29)19-5-7-26-25(24(19)28-22)20-6-8-27-31(20)23-4-2-3-12-34-23/h5-8,16,18,23H,2-4,9-15,17H2,1H3. The van der Waals surface area contributed by atoms with Crippen LogP contribution in [-0.4, -0.2) is 78.5 Å². The van der Waals surface area contributed by atoms with Crippen LogP contribution in [0.4, 0.5) is 11.5 Å². The van der Waals surface area contributed by atoms with Gasteiger partial charge in [-0.15, -0.1) is 0 Å². The van der Waals surface area contributed by atoms with Gasteiger partial charge in [0.2, 0.25) is 0 Å². The Bertz CT molecular complexity index is 1140. The number of pyridine rings is 2. The average Bonchev–Trinajstić information content (AvgIpc) is 3.39. The van der Waals surface area contributed by atoms with E-state index < -0.39 is 0 Å². The molecule has 0 amide bonds. The monoisotopic (exact) mass is 464 g/mol. The molecular formula is C25H32N6O3. The molecule has 0 radical (unpaired) electrons. The molecule has 0 spiro atoms. The lowest BCUT2D eigenvalue weighted by Crippen LogP contribution is -2.44. The summed E-state index contributed by atoms with van der Waals surface area (Å²) in [6.07, 6.45) is 6.88. The van der Waals surface area contributed by atoms with Crippen LogP contribution in [0.25, 0.3) is 22.3 Å². The molecule has 34 heavy (non-hydrogen) atoms. The zero-order valence-electron chi connectivity index (χ0n) is 19.7. The highest BCUT2D eigenvalue weighted by molar-refractivity contribution is 6.00. The highest BCUT2D eigenvalue weighted by Gasteiger charge is 2.26. The molecule has 3 aromatic heterocycles. The molecule has 6 rings (SSSR count). The van der Waals surface area contributed by atoms with Gasteiger partial charge in [0.05, 0.1) is 43.9 Å². The number of nitrogens with zero attached hydrogens (tertiary/aromatic N) is 6. The van der Waals surface area contributed by atoms with E-state index in [1.807, 2.05) is 23.1 Å². The second-order valence-electron chi connectivity index (χ2n) is 9.25. The zero-order chi connectivity index (χ0) is 22.9. The average molecular weight is 465 g/mol. The Hall–Kier alpha value is -2.75. The Morgan fingerprint density at radius 3 is 2.68 bits per heavy atom. The molecule has 0 saturated carbocycles. The molecule has 0 aliphatic carbocycles. The fourth-order valence-electron chi connectivity index (χ4n) is 5.24. The number of rotatable bonds is 4. The summed E-state index contributed by atoms with van der Waals surface area (Å²) in [5, 5.41) is 5.74. The number of hydrogen-bond acceptors (Lipinski definition) is 8. The van der Waals surface area contributed by atoms with E-state index in [9.17, 15) is 0 Å². The summed E-state index contributed by atoms with van der Waals surface area (Å²) in [5.74, 6) is 0.971. The first-order valence-electron chi connectivity index (χ1n) is 12.4. The van der Waals surface area contributed by atoms with E-state index in [0.29, 0.717) is 13.2 Å². The van der Waals surface area contributed by atoms with Crippen LogP contribution in [0.2, 0.25) is 0 Å². The summed E-state index contributed by atoms with van der Waals surface area (Å²) in [6, 6.07) is 6.61. The summed E-state index contributed by atoms with van der Waals surface area (Å²) < 4.78 is 19.4. The summed E-state index contributed by atoms with van der Waals surface area (Å²) >= 11 is 0. The van der Waals surface area contributed by atoms with E-state index >= 15 is 0 Å². The minimum atomic E-state index is -0.0584. The van der Waals surface area contributed by atoms with E-state index in [0.717, 1.165) is 86.8 Å². The van der Waals surface area contributed by atoms with Gasteiger partial charge in [0.1, 0.15) is 17.0 Å². The van der Waals surface area contributed by atoms with Crippen molar-refractivity contribution in [1.82, 2.24) is 19.7 Å². The molecule has 3 fully saturated rings. The molecule has 9 heteroatoms. The first kappa shape index (κ1) is 21.8. The van der Waals surface area contributed by atoms with E-state index in [-0.39, 0.29) is 12.3 Å². The van der Waals surface area contributed by atoms with E-state index in [1.54, 1.807) is 0 Å². The highest BCUT2D eigenvalue weighted by Crippen LogP contribution is 2.37. The third-order valence-corrected chi connectivity index (χ3v) is 7.05. The predicted molar refractivity (Wildman–Crippen MR) is 130 cm³/mol. The molecule has 0 aromatic carbocycles. The van der Waals surface area contributed by atoms with Crippen molar-refractivity contribution in [3.05, 3.63) is 30.6 Å². The second kappa shape index (κ2) is 9.48. The minimum absolute atomic E-state index is 0.0584. The van der Waals surface area contributed by atoms with E-state index in [1.165, 1.54) is 5.69 Å². The van der Waals surface area contributed by atoms with Crippen LogP contribution in [0.15, 0.2) is 30.6 Å². The summed E-state index contributed by atoms with van der Waals surface area (Å²) in [4.78, 5) is 14.8. The molecular weight excluding hydrogens is 432 g/mol. The fraction of sp³-hybridized carbons (Fsp3) is 0.560. The number of fused-ring (bicyclic) bond motifs is 1. The molecule has 3 saturated heterocycles. The summed E-state index contributed by atoms with van der Waals surface area (Å²) in [7, 11) is 0. The van der Waals surface area contributed by atoms with Crippen molar-refractivity contribution >= 4 is 22.4 Å². The molecule has 3 aliphatic heterocycles. The molecule has 0 bridgehead atoms. The Labute approximate surface area is 199 Å². The SMILES string of the molecule is CC1COCCN1c1cc(N2CCOCC2)c2ccnc(-c3ccnn3C3CCCCO3)c2n1. The van der Waals surface area contributed by atoms with Crippen LogP contribution in [0.1, 0.15) is 32.4 Å². The van der Waals surface area contributed by atoms with E-state index in [4.69, 9.17) is 24.2 Å². The Kier molecular flexibility index (Phi) is 6.07. The van der Waals surface area contributed by atoms with Gasteiger partial charge < -0.3 is 24.0 Å².